The largest absolute Gasteiger partial charge is 0.346 e. The predicted octanol–water partition coefficient (Wildman–Crippen LogP) is 3.05. The maximum atomic E-state index is 11.8. The molecule has 0 aliphatic carbocycles. The van der Waals surface area contributed by atoms with Gasteiger partial charge in [-0.2, -0.15) is 0 Å². The zero-order valence-corrected chi connectivity index (χ0v) is 12.7. The van der Waals surface area contributed by atoms with E-state index in [1.165, 1.54) is 11.3 Å². The van der Waals surface area contributed by atoms with Gasteiger partial charge in [-0.05, 0) is 41.9 Å². The van der Waals surface area contributed by atoms with Crippen LogP contribution in [-0.4, -0.2) is 31.1 Å². The average Bonchev–Trinajstić information content (AvgIpc) is 2.75. The van der Waals surface area contributed by atoms with E-state index in [0.29, 0.717) is 18.1 Å². The number of carbonyl (C=O) groups excluding carboxylic acids is 2. The molecule has 0 amide bonds. The standard InChI is InChI=1S/C12H15BrO4S/c1-3-16-12(17-4-2)9(15)7-8(14)10-5-6-11(13)18-10/h5-6,12H,3-4,7H2,1-2H3. The Morgan fingerprint density at radius 1 is 1.28 bits per heavy atom. The zero-order valence-electron chi connectivity index (χ0n) is 10.3. The first-order valence-electron chi connectivity index (χ1n) is 5.62. The molecule has 0 aliphatic rings. The highest BCUT2D eigenvalue weighted by atomic mass is 79.9. The van der Waals surface area contributed by atoms with Gasteiger partial charge < -0.3 is 9.47 Å². The van der Waals surface area contributed by atoms with Crippen molar-refractivity contribution < 1.29 is 19.1 Å². The van der Waals surface area contributed by atoms with E-state index in [1.807, 2.05) is 0 Å². The summed E-state index contributed by atoms with van der Waals surface area (Å²) in [6, 6.07) is 3.48. The molecule has 0 aliphatic heterocycles. The molecule has 0 aromatic carbocycles. The first-order valence-corrected chi connectivity index (χ1v) is 7.23. The lowest BCUT2D eigenvalue weighted by Gasteiger charge is -2.14. The van der Waals surface area contributed by atoms with E-state index in [1.54, 1.807) is 26.0 Å². The van der Waals surface area contributed by atoms with Gasteiger partial charge in [0, 0.05) is 13.2 Å². The van der Waals surface area contributed by atoms with Crippen molar-refractivity contribution in [2.45, 2.75) is 26.6 Å². The molecule has 0 saturated carbocycles. The summed E-state index contributed by atoms with van der Waals surface area (Å²) in [5.41, 5.74) is 0. The van der Waals surface area contributed by atoms with Crippen LogP contribution in [0.5, 0.6) is 0 Å². The van der Waals surface area contributed by atoms with Crippen molar-refractivity contribution in [1.29, 1.82) is 0 Å². The molecule has 0 unspecified atom stereocenters. The van der Waals surface area contributed by atoms with Crippen LogP contribution in [0.1, 0.15) is 29.9 Å². The molecule has 0 fully saturated rings. The molecule has 100 valence electrons. The van der Waals surface area contributed by atoms with Gasteiger partial charge in [-0.1, -0.05) is 0 Å². The molecule has 0 saturated heterocycles. The second-order valence-corrected chi connectivity index (χ2v) is 5.88. The van der Waals surface area contributed by atoms with Gasteiger partial charge in [-0.25, -0.2) is 0 Å². The van der Waals surface area contributed by atoms with Crippen LogP contribution in [0.25, 0.3) is 0 Å². The van der Waals surface area contributed by atoms with Crippen LogP contribution in [0.15, 0.2) is 15.9 Å². The molecule has 6 heteroatoms. The molecule has 4 nitrogen and oxygen atoms in total. The minimum atomic E-state index is -0.938. The van der Waals surface area contributed by atoms with Gasteiger partial charge in [0.25, 0.3) is 0 Å². The molecule has 1 aromatic heterocycles. The maximum absolute atomic E-state index is 11.8. The van der Waals surface area contributed by atoms with Crippen LogP contribution < -0.4 is 0 Å². The van der Waals surface area contributed by atoms with E-state index in [9.17, 15) is 9.59 Å². The van der Waals surface area contributed by atoms with Crippen LogP contribution in [0, 0.1) is 0 Å². The van der Waals surface area contributed by atoms with Gasteiger partial charge in [-0.3, -0.25) is 9.59 Å². The van der Waals surface area contributed by atoms with Crippen LogP contribution in [-0.2, 0) is 14.3 Å². The van der Waals surface area contributed by atoms with E-state index < -0.39 is 6.29 Å². The van der Waals surface area contributed by atoms with Gasteiger partial charge in [0.2, 0.25) is 6.29 Å². The van der Waals surface area contributed by atoms with E-state index in [0.717, 1.165) is 3.79 Å². The molecule has 1 heterocycles. The molecule has 18 heavy (non-hydrogen) atoms. The van der Waals surface area contributed by atoms with Gasteiger partial charge in [-0.15, -0.1) is 11.3 Å². The minimum absolute atomic E-state index is 0.197. The Kier molecular flexibility index (Phi) is 6.70. The summed E-state index contributed by atoms with van der Waals surface area (Å²) in [5, 5.41) is 0. The van der Waals surface area contributed by atoms with E-state index in [2.05, 4.69) is 15.9 Å². The summed E-state index contributed by atoms with van der Waals surface area (Å²) in [5.74, 6) is -0.548. The molecule has 1 rings (SSSR count). The van der Waals surface area contributed by atoms with Crippen LogP contribution in [0.3, 0.4) is 0 Å². The summed E-state index contributed by atoms with van der Waals surface area (Å²) in [6.45, 7) is 4.29. The van der Waals surface area contributed by atoms with Crippen molar-refractivity contribution in [2.75, 3.05) is 13.2 Å². The Bertz CT molecular complexity index is 410. The number of hydrogen-bond donors (Lipinski definition) is 0. The second kappa shape index (κ2) is 7.78. The number of Topliss-reactive ketones (excluding diaryl/α,β-unsaturated/α-hetero) is 2. The number of thiophene rings is 1. The molecule has 0 N–H and O–H groups in total. The summed E-state index contributed by atoms with van der Waals surface area (Å²) in [7, 11) is 0. The Hall–Kier alpha value is -0.560. The third-order valence-electron chi connectivity index (χ3n) is 2.08. The highest BCUT2D eigenvalue weighted by molar-refractivity contribution is 9.11. The lowest BCUT2D eigenvalue weighted by molar-refractivity contribution is -0.166. The molecular weight excluding hydrogens is 320 g/mol. The Labute approximate surface area is 118 Å². The first-order chi connectivity index (χ1) is 8.58. The number of ether oxygens (including phenoxy) is 2. The van der Waals surface area contributed by atoms with Gasteiger partial charge in [0.1, 0.15) is 0 Å². The zero-order chi connectivity index (χ0) is 13.5. The molecule has 1 aromatic rings. The molecule has 0 atom stereocenters. The molecule has 0 bridgehead atoms. The normalized spacial score (nSPS) is 10.9. The number of rotatable bonds is 8. The SMILES string of the molecule is CCOC(OCC)C(=O)CC(=O)c1ccc(Br)s1. The highest BCUT2D eigenvalue weighted by Gasteiger charge is 2.22. The van der Waals surface area contributed by atoms with Crippen molar-refractivity contribution in [3.05, 3.63) is 20.8 Å². The van der Waals surface area contributed by atoms with E-state index in [4.69, 9.17) is 9.47 Å². The van der Waals surface area contributed by atoms with Crippen molar-refractivity contribution in [3.63, 3.8) is 0 Å². The lowest BCUT2D eigenvalue weighted by atomic mass is 10.1. The van der Waals surface area contributed by atoms with Crippen LogP contribution in [0.2, 0.25) is 0 Å². The predicted molar refractivity (Wildman–Crippen MR) is 73.0 cm³/mol. The van der Waals surface area contributed by atoms with Gasteiger partial charge in [0.15, 0.2) is 11.6 Å². The highest BCUT2D eigenvalue weighted by Crippen LogP contribution is 2.23. The van der Waals surface area contributed by atoms with Crippen LogP contribution >= 0.6 is 27.3 Å². The van der Waals surface area contributed by atoms with E-state index >= 15 is 0 Å². The Morgan fingerprint density at radius 2 is 1.89 bits per heavy atom. The Balaban J connectivity index is 2.59. The summed E-state index contributed by atoms with van der Waals surface area (Å²) in [4.78, 5) is 24.2. The fraction of sp³-hybridized carbons (Fsp3) is 0.500. The van der Waals surface area contributed by atoms with Gasteiger partial charge in [0.05, 0.1) is 15.1 Å². The number of ketones is 2. The number of halogens is 1. The lowest BCUT2D eigenvalue weighted by Crippen LogP contribution is -2.29. The third-order valence-corrected chi connectivity index (χ3v) is 3.75. The van der Waals surface area contributed by atoms with Crippen molar-refractivity contribution in [1.82, 2.24) is 0 Å². The molecule has 0 radical (unpaired) electrons. The Morgan fingerprint density at radius 3 is 2.33 bits per heavy atom. The van der Waals surface area contributed by atoms with Crippen molar-refractivity contribution in [3.8, 4) is 0 Å². The van der Waals surface area contributed by atoms with Crippen molar-refractivity contribution >= 4 is 38.8 Å². The molecular formula is C12H15BrO4S. The van der Waals surface area contributed by atoms with Gasteiger partial charge >= 0.3 is 0 Å². The van der Waals surface area contributed by atoms with E-state index in [-0.39, 0.29) is 18.0 Å². The smallest absolute Gasteiger partial charge is 0.218 e. The minimum Gasteiger partial charge on any atom is -0.346 e. The number of carbonyl (C=O) groups is 2. The monoisotopic (exact) mass is 334 g/mol. The topological polar surface area (TPSA) is 52.6 Å². The summed E-state index contributed by atoms with van der Waals surface area (Å²) >= 11 is 4.59. The number of hydrogen-bond acceptors (Lipinski definition) is 5. The fourth-order valence-electron chi connectivity index (χ4n) is 1.33. The first kappa shape index (κ1) is 15.5. The average molecular weight is 335 g/mol. The maximum Gasteiger partial charge on any atom is 0.218 e. The van der Waals surface area contributed by atoms with Crippen molar-refractivity contribution in [2.24, 2.45) is 0 Å². The fourth-order valence-corrected chi connectivity index (χ4v) is 2.65. The van der Waals surface area contributed by atoms with Crippen LogP contribution in [0.4, 0.5) is 0 Å². The summed E-state index contributed by atoms with van der Waals surface area (Å²) < 4.78 is 11.2. The molecule has 0 spiro atoms. The second-order valence-electron chi connectivity index (χ2n) is 3.41. The quantitative estimate of drug-likeness (QED) is 0.416. The summed E-state index contributed by atoms with van der Waals surface area (Å²) in [6.07, 6.45) is -1.13. The third kappa shape index (κ3) is 4.61.